The number of carboxylic acids is 1. The van der Waals surface area contributed by atoms with E-state index in [4.69, 9.17) is 14.6 Å². The van der Waals surface area contributed by atoms with Crippen molar-refractivity contribution in [2.75, 3.05) is 14.2 Å². The molecule has 0 atom stereocenters. The first-order valence-electron chi connectivity index (χ1n) is 4.51. The van der Waals surface area contributed by atoms with E-state index in [1.54, 1.807) is 0 Å². The maximum atomic E-state index is 11.3. The van der Waals surface area contributed by atoms with E-state index >= 15 is 0 Å². The van der Waals surface area contributed by atoms with Crippen molar-refractivity contribution in [1.82, 2.24) is 0 Å². The van der Waals surface area contributed by atoms with Crippen LogP contribution < -0.4 is 9.47 Å². The molecule has 0 aliphatic rings. The summed E-state index contributed by atoms with van der Waals surface area (Å²) in [4.78, 5) is 22.2. The lowest BCUT2D eigenvalue weighted by Crippen LogP contribution is -2.07. The summed E-state index contributed by atoms with van der Waals surface area (Å²) in [5, 5.41) is 8.95. The molecule has 1 aromatic carbocycles. The molecule has 16 heavy (non-hydrogen) atoms. The molecule has 86 valence electrons. The number of ketones is 1. The van der Waals surface area contributed by atoms with E-state index in [1.165, 1.54) is 33.3 Å². The van der Waals surface area contributed by atoms with Gasteiger partial charge in [0.05, 0.1) is 19.8 Å². The molecule has 0 fully saturated rings. The summed E-state index contributed by atoms with van der Waals surface area (Å²) in [7, 11) is 2.82. The van der Waals surface area contributed by atoms with Crippen molar-refractivity contribution in [2.45, 2.75) is 6.92 Å². The minimum Gasteiger partial charge on any atom is -0.493 e. The minimum atomic E-state index is -1.17. The highest BCUT2D eigenvalue weighted by atomic mass is 16.5. The summed E-state index contributed by atoms with van der Waals surface area (Å²) in [5.74, 6) is -0.896. The summed E-state index contributed by atoms with van der Waals surface area (Å²) in [5.41, 5.74) is 0.00954. The van der Waals surface area contributed by atoms with Gasteiger partial charge >= 0.3 is 5.97 Å². The average molecular weight is 224 g/mol. The van der Waals surface area contributed by atoms with Crippen molar-refractivity contribution in [3.05, 3.63) is 23.3 Å². The van der Waals surface area contributed by atoms with Gasteiger partial charge < -0.3 is 14.6 Å². The number of ether oxygens (including phenoxy) is 2. The van der Waals surface area contributed by atoms with Crippen LogP contribution in [-0.2, 0) is 0 Å². The van der Waals surface area contributed by atoms with Gasteiger partial charge in [-0.1, -0.05) is 0 Å². The van der Waals surface area contributed by atoms with Crippen molar-refractivity contribution in [2.24, 2.45) is 0 Å². The average Bonchev–Trinajstić information content (AvgIpc) is 2.26. The minimum absolute atomic E-state index is 0.0925. The van der Waals surface area contributed by atoms with Crippen molar-refractivity contribution in [3.63, 3.8) is 0 Å². The van der Waals surface area contributed by atoms with Gasteiger partial charge in [-0.25, -0.2) is 4.79 Å². The fourth-order valence-corrected chi connectivity index (χ4v) is 1.35. The van der Waals surface area contributed by atoms with Crippen LogP contribution in [-0.4, -0.2) is 31.1 Å². The van der Waals surface area contributed by atoms with E-state index in [0.717, 1.165) is 0 Å². The van der Waals surface area contributed by atoms with E-state index in [9.17, 15) is 9.59 Å². The second kappa shape index (κ2) is 4.65. The molecule has 1 rings (SSSR count). The number of carboxylic acid groups (broad SMARTS) is 1. The number of benzene rings is 1. The van der Waals surface area contributed by atoms with E-state index in [1.807, 2.05) is 0 Å². The molecule has 5 heteroatoms. The molecule has 1 N–H and O–H groups in total. The molecular formula is C11H12O5. The first-order valence-corrected chi connectivity index (χ1v) is 4.51. The van der Waals surface area contributed by atoms with Gasteiger partial charge in [-0.2, -0.15) is 0 Å². The molecule has 0 saturated carbocycles. The van der Waals surface area contributed by atoms with Crippen LogP contribution in [0.3, 0.4) is 0 Å². The number of methoxy groups -OCH3 is 2. The zero-order chi connectivity index (χ0) is 12.3. The lowest BCUT2D eigenvalue weighted by atomic mass is 10.0. The highest BCUT2D eigenvalue weighted by Gasteiger charge is 2.18. The Balaban J connectivity index is 3.47. The smallest absolute Gasteiger partial charge is 0.336 e. The van der Waals surface area contributed by atoms with E-state index in [0.29, 0.717) is 5.75 Å². The van der Waals surface area contributed by atoms with Gasteiger partial charge in [-0.15, -0.1) is 0 Å². The van der Waals surface area contributed by atoms with E-state index in [-0.39, 0.29) is 22.7 Å². The van der Waals surface area contributed by atoms with Gasteiger partial charge in [0.25, 0.3) is 0 Å². The normalized spacial score (nSPS) is 9.69. The van der Waals surface area contributed by atoms with Crippen molar-refractivity contribution in [3.8, 4) is 11.5 Å². The van der Waals surface area contributed by atoms with Crippen LogP contribution in [0.2, 0.25) is 0 Å². The number of carbonyl (C=O) groups excluding carboxylic acids is 1. The Hall–Kier alpha value is -2.04. The largest absolute Gasteiger partial charge is 0.493 e. The molecule has 0 amide bonds. The van der Waals surface area contributed by atoms with Crippen LogP contribution in [0.25, 0.3) is 0 Å². The number of carbonyl (C=O) groups is 2. The molecule has 0 radical (unpaired) electrons. The second-order valence-electron chi connectivity index (χ2n) is 3.11. The first kappa shape index (κ1) is 12.0. The summed E-state index contributed by atoms with van der Waals surface area (Å²) in [6.07, 6.45) is 0. The lowest BCUT2D eigenvalue weighted by molar-refractivity contribution is 0.0692. The number of hydrogen-bond acceptors (Lipinski definition) is 4. The third kappa shape index (κ3) is 2.13. The number of hydrogen-bond donors (Lipinski definition) is 1. The quantitative estimate of drug-likeness (QED) is 0.786. The Bertz CT molecular complexity index is 395. The molecule has 0 unspecified atom stereocenters. The van der Waals surface area contributed by atoms with E-state index in [2.05, 4.69) is 0 Å². The maximum absolute atomic E-state index is 11.3. The molecule has 0 heterocycles. The molecule has 0 saturated heterocycles. The Labute approximate surface area is 92.6 Å². The first-order chi connectivity index (χ1) is 7.51. The van der Waals surface area contributed by atoms with Crippen LogP contribution in [0.5, 0.6) is 11.5 Å². The summed E-state index contributed by atoms with van der Waals surface area (Å²) in [6.45, 7) is 1.30. The Kier molecular flexibility index (Phi) is 3.50. The van der Waals surface area contributed by atoms with Crippen LogP contribution in [0.4, 0.5) is 0 Å². The molecule has 0 aliphatic heterocycles. The molecule has 0 aromatic heterocycles. The van der Waals surface area contributed by atoms with Crippen molar-refractivity contribution in [1.29, 1.82) is 0 Å². The van der Waals surface area contributed by atoms with Gasteiger partial charge in [0, 0.05) is 5.56 Å². The molecule has 0 bridgehead atoms. The number of aromatic carboxylic acids is 1. The van der Waals surface area contributed by atoms with Gasteiger partial charge in [0.1, 0.15) is 0 Å². The van der Waals surface area contributed by atoms with Gasteiger partial charge in [-0.3, -0.25) is 4.79 Å². The van der Waals surface area contributed by atoms with Crippen LogP contribution in [0, 0.1) is 0 Å². The van der Waals surface area contributed by atoms with Crippen LogP contribution >= 0.6 is 0 Å². The molecule has 0 spiro atoms. The zero-order valence-corrected chi connectivity index (χ0v) is 9.23. The van der Waals surface area contributed by atoms with Crippen LogP contribution in [0.1, 0.15) is 27.6 Å². The highest BCUT2D eigenvalue weighted by molar-refractivity contribution is 6.05. The number of Topliss-reactive ketones (excluding diaryl/α,β-unsaturated/α-hetero) is 1. The fraction of sp³-hybridized carbons (Fsp3) is 0.273. The third-order valence-electron chi connectivity index (χ3n) is 2.13. The van der Waals surface area contributed by atoms with Crippen LogP contribution in [0.15, 0.2) is 12.1 Å². The maximum Gasteiger partial charge on any atom is 0.336 e. The Morgan fingerprint density at radius 3 is 1.81 bits per heavy atom. The van der Waals surface area contributed by atoms with Gasteiger partial charge in [0.15, 0.2) is 17.3 Å². The van der Waals surface area contributed by atoms with Gasteiger partial charge in [-0.05, 0) is 19.1 Å². The summed E-state index contributed by atoms with van der Waals surface area (Å²) in [6, 6.07) is 2.64. The third-order valence-corrected chi connectivity index (χ3v) is 2.13. The van der Waals surface area contributed by atoms with E-state index < -0.39 is 5.97 Å². The second-order valence-corrected chi connectivity index (χ2v) is 3.11. The monoisotopic (exact) mass is 224 g/mol. The summed E-state index contributed by atoms with van der Waals surface area (Å²) >= 11 is 0. The van der Waals surface area contributed by atoms with Crippen molar-refractivity contribution >= 4 is 11.8 Å². The highest BCUT2D eigenvalue weighted by Crippen LogP contribution is 2.30. The predicted molar refractivity (Wildman–Crippen MR) is 56.5 cm³/mol. The van der Waals surface area contributed by atoms with Crippen molar-refractivity contribution < 1.29 is 24.2 Å². The molecular weight excluding hydrogens is 212 g/mol. The van der Waals surface area contributed by atoms with Gasteiger partial charge in [0.2, 0.25) is 0 Å². The fourth-order valence-electron chi connectivity index (χ4n) is 1.35. The zero-order valence-electron chi connectivity index (χ0n) is 9.23. The molecule has 5 nitrogen and oxygen atoms in total. The number of rotatable bonds is 4. The Morgan fingerprint density at radius 2 is 1.50 bits per heavy atom. The standard InChI is InChI=1S/C11H12O5/c1-6(12)7-4-9(15-2)10(16-3)5-8(7)11(13)14/h4-5H,1-3H3,(H,13,14). The molecule has 1 aromatic rings. The molecule has 0 aliphatic carbocycles. The SMILES string of the molecule is COc1cc(C(C)=O)c(C(=O)O)cc1OC. The predicted octanol–water partition coefficient (Wildman–Crippen LogP) is 1.60. The summed E-state index contributed by atoms with van der Waals surface area (Å²) < 4.78 is 9.95. The Morgan fingerprint density at radius 1 is 1.06 bits per heavy atom. The topological polar surface area (TPSA) is 72.8 Å². The lowest BCUT2D eigenvalue weighted by Gasteiger charge is -2.10.